The Morgan fingerprint density at radius 1 is 1.16 bits per heavy atom. The molecule has 1 atom stereocenters. The lowest BCUT2D eigenvalue weighted by Gasteiger charge is -2.26. The highest BCUT2D eigenvalue weighted by molar-refractivity contribution is 7.89. The van der Waals surface area contributed by atoms with Crippen molar-refractivity contribution in [3.05, 3.63) is 59.2 Å². The summed E-state index contributed by atoms with van der Waals surface area (Å²) in [5, 5.41) is 2.67. The van der Waals surface area contributed by atoms with E-state index in [0.717, 1.165) is 27.6 Å². The maximum absolute atomic E-state index is 13.5. The number of ether oxygens (including phenoxy) is 1. The summed E-state index contributed by atoms with van der Waals surface area (Å²) in [6.45, 7) is 3.27. The average Bonchev–Trinajstić information content (AvgIpc) is 3.23. The molecule has 0 aliphatic carbocycles. The first-order valence-corrected chi connectivity index (χ1v) is 11.6. The van der Waals surface area contributed by atoms with E-state index in [9.17, 15) is 26.4 Å². The van der Waals surface area contributed by atoms with E-state index in [1.807, 2.05) is 19.9 Å². The van der Waals surface area contributed by atoms with Crippen LogP contribution in [-0.4, -0.2) is 44.4 Å². The topological polar surface area (TPSA) is 75.7 Å². The number of nitrogens with zero attached hydrogens (tertiary/aromatic N) is 1. The number of amides is 1. The molecule has 1 heterocycles. The molecule has 10 heteroatoms. The minimum absolute atomic E-state index is 0.214. The Morgan fingerprint density at radius 2 is 1.88 bits per heavy atom. The number of halogens is 3. The standard InChI is InChI=1S/C22H25F3N2O4S/c1-15-7-5-10-19(16(15)2)26-21(28)14-27(13-17-8-6-12-31-17)32(29,30)20-11-4-3-9-18(20)22(23,24)25/h3-5,7,9-11,17H,6,8,12-14H2,1-2H3,(H,26,28). The van der Waals surface area contributed by atoms with Crippen LogP contribution >= 0.6 is 0 Å². The molecule has 0 bridgehead atoms. The lowest BCUT2D eigenvalue weighted by atomic mass is 10.1. The molecule has 0 saturated carbocycles. The first-order valence-electron chi connectivity index (χ1n) is 10.1. The van der Waals surface area contributed by atoms with Crippen molar-refractivity contribution >= 4 is 21.6 Å². The van der Waals surface area contributed by atoms with Crippen LogP contribution in [0.25, 0.3) is 0 Å². The second-order valence-corrected chi connectivity index (χ2v) is 9.63. The Labute approximate surface area is 185 Å². The van der Waals surface area contributed by atoms with Crippen molar-refractivity contribution in [3.8, 4) is 0 Å². The molecule has 2 aromatic carbocycles. The Hall–Kier alpha value is -2.43. The molecule has 1 fully saturated rings. The normalized spacial score (nSPS) is 17.0. The molecule has 6 nitrogen and oxygen atoms in total. The molecule has 3 rings (SSSR count). The third-order valence-electron chi connectivity index (χ3n) is 5.44. The first kappa shape index (κ1) is 24.2. The van der Waals surface area contributed by atoms with Gasteiger partial charge in [-0.3, -0.25) is 4.79 Å². The van der Waals surface area contributed by atoms with Crippen molar-refractivity contribution in [1.29, 1.82) is 0 Å². The van der Waals surface area contributed by atoms with Crippen LogP contribution in [0.3, 0.4) is 0 Å². The number of carbonyl (C=O) groups excluding carboxylic acids is 1. The molecule has 1 saturated heterocycles. The van der Waals surface area contributed by atoms with Crippen LogP contribution in [0.2, 0.25) is 0 Å². The molecule has 1 unspecified atom stereocenters. The number of carbonyl (C=O) groups is 1. The van der Waals surface area contributed by atoms with E-state index >= 15 is 0 Å². The average molecular weight is 471 g/mol. The predicted octanol–water partition coefficient (Wildman–Crippen LogP) is 4.13. The third-order valence-corrected chi connectivity index (χ3v) is 7.31. The molecular formula is C22H25F3N2O4S. The SMILES string of the molecule is Cc1cccc(NC(=O)CN(CC2CCCO2)S(=O)(=O)c2ccccc2C(F)(F)F)c1C. The molecule has 0 spiro atoms. The highest BCUT2D eigenvalue weighted by atomic mass is 32.2. The van der Waals surface area contributed by atoms with Crippen LogP contribution in [0.4, 0.5) is 18.9 Å². The van der Waals surface area contributed by atoms with Crippen LogP contribution in [0.15, 0.2) is 47.4 Å². The number of nitrogens with one attached hydrogen (secondary N) is 1. The summed E-state index contributed by atoms with van der Waals surface area (Å²) in [5.74, 6) is -0.648. The van der Waals surface area contributed by atoms with Crippen molar-refractivity contribution in [2.75, 3.05) is 25.0 Å². The molecule has 174 valence electrons. The van der Waals surface area contributed by atoms with Gasteiger partial charge in [-0.2, -0.15) is 17.5 Å². The van der Waals surface area contributed by atoms with Crippen molar-refractivity contribution in [2.45, 2.75) is 43.9 Å². The van der Waals surface area contributed by atoms with Crippen LogP contribution < -0.4 is 5.32 Å². The van der Waals surface area contributed by atoms with Gasteiger partial charge in [-0.25, -0.2) is 8.42 Å². The minimum atomic E-state index is -4.86. The van der Waals surface area contributed by atoms with E-state index in [4.69, 9.17) is 4.74 Å². The van der Waals surface area contributed by atoms with E-state index in [2.05, 4.69) is 5.32 Å². The van der Waals surface area contributed by atoms with Gasteiger partial charge in [0.05, 0.1) is 23.1 Å². The van der Waals surface area contributed by atoms with E-state index in [1.165, 1.54) is 6.07 Å². The fourth-order valence-corrected chi connectivity index (χ4v) is 5.20. The lowest BCUT2D eigenvalue weighted by Crippen LogP contribution is -2.42. The summed E-state index contributed by atoms with van der Waals surface area (Å²) < 4.78 is 73.3. The number of anilines is 1. The zero-order chi connectivity index (χ0) is 23.5. The van der Waals surface area contributed by atoms with Crippen LogP contribution in [0, 0.1) is 13.8 Å². The van der Waals surface area contributed by atoms with Crippen molar-refractivity contribution in [3.63, 3.8) is 0 Å². The Bertz CT molecular complexity index is 1080. The lowest BCUT2D eigenvalue weighted by molar-refractivity contribution is -0.139. The fourth-order valence-electron chi connectivity index (χ4n) is 3.56. The van der Waals surface area contributed by atoms with E-state index < -0.39 is 45.2 Å². The molecule has 32 heavy (non-hydrogen) atoms. The number of alkyl halides is 3. The van der Waals surface area contributed by atoms with Gasteiger partial charge in [0.15, 0.2) is 0 Å². The van der Waals surface area contributed by atoms with E-state index in [1.54, 1.807) is 12.1 Å². The molecule has 0 radical (unpaired) electrons. The van der Waals surface area contributed by atoms with Gasteiger partial charge in [0.25, 0.3) is 0 Å². The summed E-state index contributed by atoms with van der Waals surface area (Å²) in [5.41, 5.74) is 0.995. The summed E-state index contributed by atoms with van der Waals surface area (Å²) in [7, 11) is -4.64. The van der Waals surface area contributed by atoms with E-state index in [0.29, 0.717) is 31.2 Å². The van der Waals surface area contributed by atoms with Gasteiger partial charge in [-0.15, -0.1) is 0 Å². The second-order valence-electron chi connectivity index (χ2n) is 7.72. The molecule has 0 aromatic heterocycles. The third kappa shape index (κ3) is 5.48. The number of sulfonamides is 1. The van der Waals surface area contributed by atoms with Gasteiger partial charge in [-0.05, 0) is 56.0 Å². The number of hydrogen-bond donors (Lipinski definition) is 1. The number of rotatable bonds is 7. The number of benzene rings is 2. The van der Waals surface area contributed by atoms with Gasteiger partial charge in [0.1, 0.15) is 0 Å². The zero-order valence-electron chi connectivity index (χ0n) is 17.8. The summed E-state index contributed by atoms with van der Waals surface area (Å²) >= 11 is 0. The minimum Gasteiger partial charge on any atom is -0.377 e. The van der Waals surface area contributed by atoms with Gasteiger partial charge >= 0.3 is 6.18 Å². The zero-order valence-corrected chi connectivity index (χ0v) is 18.6. The van der Waals surface area contributed by atoms with Crippen LogP contribution in [0.1, 0.15) is 29.5 Å². The maximum Gasteiger partial charge on any atom is 0.417 e. The molecule has 1 amide bonds. The smallest absolute Gasteiger partial charge is 0.377 e. The second kappa shape index (κ2) is 9.60. The van der Waals surface area contributed by atoms with Crippen molar-refractivity contribution in [2.24, 2.45) is 0 Å². The fraction of sp³-hybridized carbons (Fsp3) is 0.409. The van der Waals surface area contributed by atoms with Gasteiger partial charge < -0.3 is 10.1 Å². The van der Waals surface area contributed by atoms with Crippen LogP contribution in [0.5, 0.6) is 0 Å². The summed E-state index contributed by atoms with van der Waals surface area (Å²) in [6.07, 6.45) is -4.07. The van der Waals surface area contributed by atoms with Crippen molar-refractivity contribution < 1.29 is 31.1 Å². The highest BCUT2D eigenvalue weighted by Gasteiger charge is 2.40. The molecule has 2 aromatic rings. The molecule has 1 N–H and O–H groups in total. The largest absolute Gasteiger partial charge is 0.417 e. The summed E-state index contributed by atoms with van der Waals surface area (Å²) in [6, 6.07) is 9.27. The summed E-state index contributed by atoms with van der Waals surface area (Å²) in [4.78, 5) is 11.9. The molecular weight excluding hydrogens is 445 g/mol. The molecule has 1 aliphatic heterocycles. The highest BCUT2D eigenvalue weighted by Crippen LogP contribution is 2.35. The Morgan fingerprint density at radius 3 is 2.53 bits per heavy atom. The molecule has 1 aliphatic rings. The predicted molar refractivity (Wildman–Crippen MR) is 114 cm³/mol. The maximum atomic E-state index is 13.5. The monoisotopic (exact) mass is 470 g/mol. The Kier molecular flexibility index (Phi) is 7.26. The Balaban J connectivity index is 1.92. The first-order chi connectivity index (χ1) is 15.0. The van der Waals surface area contributed by atoms with E-state index in [-0.39, 0.29) is 6.54 Å². The van der Waals surface area contributed by atoms with Gasteiger partial charge in [0.2, 0.25) is 15.9 Å². The van der Waals surface area contributed by atoms with Gasteiger partial charge in [0, 0.05) is 18.8 Å². The quantitative estimate of drug-likeness (QED) is 0.660. The number of hydrogen-bond acceptors (Lipinski definition) is 4. The number of aryl methyl sites for hydroxylation is 1. The van der Waals surface area contributed by atoms with Gasteiger partial charge in [-0.1, -0.05) is 24.3 Å². The van der Waals surface area contributed by atoms with Crippen LogP contribution in [-0.2, 0) is 25.7 Å². The van der Waals surface area contributed by atoms with Crippen molar-refractivity contribution in [1.82, 2.24) is 4.31 Å².